The van der Waals surface area contributed by atoms with Crippen molar-refractivity contribution >= 4 is 10.9 Å². The van der Waals surface area contributed by atoms with Crippen LogP contribution in [-0.2, 0) is 24.4 Å². The molecule has 0 unspecified atom stereocenters. The van der Waals surface area contributed by atoms with Gasteiger partial charge in [-0.15, -0.1) is 10.2 Å². The fraction of sp³-hybridized carbons (Fsp3) is 0.476. The molecule has 1 saturated carbocycles. The molecule has 0 aliphatic heterocycles. The monoisotopic (exact) mass is 380 g/mol. The van der Waals surface area contributed by atoms with Crippen LogP contribution in [0.3, 0.4) is 0 Å². The maximum absolute atomic E-state index is 5.97. The normalized spacial score (nSPS) is 19.3. The number of aromatic nitrogens is 4. The Hall–Kier alpha value is -2.35. The zero-order valence-corrected chi connectivity index (χ0v) is 16.6. The molecule has 1 aliphatic rings. The highest BCUT2D eigenvalue weighted by atomic mass is 16.5. The summed E-state index contributed by atoms with van der Waals surface area (Å²) in [4.78, 5) is 6.81. The van der Waals surface area contributed by atoms with Gasteiger partial charge in [0.1, 0.15) is 11.6 Å². The lowest BCUT2D eigenvalue weighted by atomic mass is 9.80. The van der Waals surface area contributed by atoms with Crippen molar-refractivity contribution in [1.29, 1.82) is 0 Å². The second kappa shape index (κ2) is 8.34. The summed E-state index contributed by atoms with van der Waals surface area (Å²) in [6.07, 6.45) is 3.93. The first-order valence-corrected chi connectivity index (χ1v) is 9.82. The SMILES string of the molecule is COCCn1c(CN(C)Cc2cnc3ccccc3c2)nnc1C1CC(N)C1. The van der Waals surface area contributed by atoms with Crippen molar-refractivity contribution in [2.75, 3.05) is 20.8 Å². The summed E-state index contributed by atoms with van der Waals surface area (Å²) in [7, 11) is 3.82. The van der Waals surface area contributed by atoms with Crippen LogP contribution in [0.4, 0.5) is 0 Å². The van der Waals surface area contributed by atoms with E-state index in [9.17, 15) is 0 Å². The van der Waals surface area contributed by atoms with E-state index >= 15 is 0 Å². The van der Waals surface area contributed by atoms with E-state index in [0.717, 1.165) is 49.6 Å². The van der Waals surface area contributed by atoms with Crippen molar-refractivity contribution in [3.8, 4) is 0 Å². The zero-order valence-electron chi connectivity index (χ0n) is 16.6. The molecular weight excluding hydrogens is 352 g/mol. The molecule has 7 nitrogen and oxygen atoms in total. The van der Waals surface area contributed by atoms with Gasteiger partial charge < -0.3 is 15.0 Å². The Labute approximate surface area is 165 Å². The van der Waals surface area contributed by atoms with Crippen LogP contribution in [0.25, 0.3) is 10.9 Å². The Morgan fingerprint density at radius 2 is 2.04 bits per heavy atom. The van der Waals surface area contributed by atoms with Crippen molar-refractivity contribution in [2.24, 2.45) is 5.73 Å². The lowest BCUT2D eigenvalue weighted by Crippen LogP contribution is -2.36. The van der Waals surface area contributed by atoms with Gasteiger partial charge in [-0.1, -0.05) is 18.2 Å². The third-order valence-corrected chi connectivity index (χ3v) is 5.43. The quantitative estimate of drug-likeness (QED) is 0.646. The molecule has 3 aromatic rings. The molecule has 2 aromatic heterocycles. The number of para-hydroxylation sites is 1. The molecule has 0 saturated heterocycles. The van der Waals surface area contributed by atoms with Gasteiger partial charge in [0, 0.05) is 43.7 Å². The maximum Gasteiger partial charge on any atom is 0.147 e. The average Bonchev–Trinajstić information content (AvgIpc) is 3.05. The molecule has 0 amide bonds. The van der Waals surface area contributed by atoms with Crippen LogP contribution in [-0.4, -0.2) is 51.5 Å². The summed E-state index contributed by atoms with van der Waals surface area (Å²) < 4.78 is 7.51. The van der Waals surface area contributed by atoms with Gasteiger partial charge in [0.2, 0.25) is 0 Å². The van der Waals surface area contributed by atoms with Crippen LogP contribution in [0.2, 0.25) is 0 Å². The van der Waals surface area contributed by atoms with E-state index in [1.807, 2.05) is 24.4 Å². The molecule has 28 heavy (non-hydrogen) atoms. The molecule has 0 radical (unpaired) electrons. The fourth-order valence-electron chi connectivity index (χ4n) is 3.88. The smallest absolute Gasteiger partial charge is 0.147 e. The van der Waals surface area contributed by atoms with Crippen molar-refractivity contribution in [3.05, 3.63) is 53.7 Å². The second-order valence-corrected chi connectivity index (χ2v) is 7.76. The van der Waals surface area contributed by atoms with Gasteiger partial charge in [-0.25, -0.2) is 0 Å². The molecule has 4 rings (SSSR count). The van der Waals surface area contributed by atoms with Crippen LogP contribution in [0.1, 0.15) is 36.0 Å². The van der Waals surface area contributed by atoms with E-state index in [2.05, 4.69) is 43.8 Å². The van der Waals surface area contributed by atoms with Crippen LogP contribution < -0.4 is 5.73 Å². The average molecular weight is 380 g/mol. The number of fused-ring (bicyclic) bond motifs is 1. The Morgan fingerprint density at radius 3 is 2.82 bits per heavy atom. The van der Waals surface area contributed by atoms with E-state index in [1.54, 1.807) is 7.11 Å². The van der Waals surface area contributed by atoms with Crippen LogP contribution in [0.15, 0.2) is 36.5 Å². The molecule has 1 fully saturated rings. The number of pyridine rings is 1. The minimum absolute atomic E-state index is 0.295. The second-order valence-electron chi connectivity index (χ2n) is 7.76. The summed E-state index contributed by atoms with van der Waals surface area (Å²) in [6.45, 7) is 2.95. The summed E-state index contributed by atoms with van der Waals surface area (Å²) in [5.74, 6) is 2.45. The number of nitrogens with zero attached hydrogens (tertiary/aromatic N) is 5. The number of methoxy groups -OCH3 is 1. The summed E-state index contributed by atoms with van der Waals surface area (Å²) in [5, 5.41) is 10.1. The number of hydrogen-bond donors (Lipinski definition) is 1. The highest BCUT2D eigenvalue weighted by Gasteiger charge is 2.32. The third kappa shape index (κ3) is 4.06. The Morgan fingerprint density at radius 1 is 1.21 bits per heavy atom. The van der Waals surface area contributed by atoms with Gasteiger partial charge in [-0.3, -0.25) is 9.88 Å². The Balaban J connectivity index is 1.47. The molecule has 1 aromatic carbocycles. The first kappa shape index (κ1) is 19.0. The predicted molar refractivity (Wildman–Crippen MR) is 109 cm³/mol. The standard InChI is InChI=1S/C21H28N6O/c1-26(13-15-9-16-5-3-4-6-19(16)23-12-15)14-20-24-25-21(17-10-18(22)11-17)27(20)7-8-28-2/h3-6,9,12,17-18H,7-8,10-11,13-14,22H2,1-2H3. The molecule has 148 valence electrons. The van der Waals surface area contributed by atoms with Crippen LogP contribution in [0, 0.1) is 0 Å². The van der Waals surface area contributed by atoms with E-state index < -0.39 is 0 Å². The Kier molecular flexibility index (Phi) is 5.66. The Bertz CT molecular complexity index is 934. The zero-order chi connectivity index (χ0) is 19.5. The number of rotatable bonds is 8. The van der Waals surface area contributed by atoms with E-state index in [0.29, 0.717) is 18.6 Å². The lowest BCUT2D eigenvalue weighted by molar-refractivity contribution is 0.181. The topological polar surface area (TPSA) is 82.1 Å². The van der Waals surface area contributed by atoms with Gasteiger partial charge in [0.15, 0.2) is 0 Å². The minimum Gasteiger partial charge on any atom is -0.383 e. The molecule has 2 heterocycles. The number of hydrogen-bond acceptors (Lipinski definition) is 6. The number of nitrogens with two attached hydrogens (primary N) is 1. The highest BCUT2D eigenvalue weighted by molar-refractivity contribution is 5.78. The van der Waals surface area contributed by atoms with Crippen molar-refractivity contribution < 1.29 is 4.74 Å². The predicted octanol–water partition coefficient (Wildman–Crippen LogP) is 2.31. The van der Waals surface area contributed by atoms with Crippen molar-refractivity contribution in [2.45, 2.75) is 44.4 Å². The molecule has 0 spiro atoms. The summed E-state index contributed by atoms with van der Waals surface area (Å²) in [5.41, 5.74) is 8.19. The van der Waals surface area contributed by atoms with Gasteiger partial charge >= 0.3 is 0 Å². The largest absolute Gasteiger partial charge is 0.383 e. The van der Waals surface area contributed by atoms with Crippen LogP contribution in [0.5, 0.6) is 0 Å². The van der Waals surface area contributed by atoms with Crippen molar-refractivity contribution in [3.63, 3.8) is 0 Å². The maximum atomic E-state index is 5.97. The third-order valence-electron chi connectivity index (χ3n) is 5.43. The first-order chi connectivity index (χ1) is 13.6. The molecular formula is C21H28N6O. The minimum atomic E-state index is 0.295. The highest BCUT2D eigenvalue weighted by Crippen LogP contribution is 2.35. The number of benzene rings is 1. The number of ether oxygens (including phenoxy) is 1. The van der Waals surface area contributed by atoms with Gasteiger partial charge in [-0.2, -0.15) is 0 Å². The van der Waals surface area contributed by atoms with Gasteiger partial charge in [-0.05, 0) is 37.6 Å². The van der Waals surface area contributed by atoms with Crippen molar-refractivity contribution in [1.82, 2.24) is 24.6 Å². The molecule has 2 N–H and O–H groups in total. The van der Waals surface area contributed by atoms with E-state index in [4.69, 9.17) is 10.5 Å². The van der Waals surface area contributed by atoms with Crippen LogP contribution >= 0.6 is 0 Å². The molecule has 0 bridgehead atoms. The lowest BCUT2D eigenvalue weighted by Gasteiger charge is -2.32. The molecule has 0 atom stereocenters. The fourth-order valence-corrected chi connectivity index (χ4v) is 3.88. The van der Waals surface area contributed by atoms with Gasteiger partial charge in [0.05, 0.1) is 18.7 Å². The first-order valence-electron chi connectivity index (χ1n) is 9.82. The summed E-state index contributed by atoms with van der Waals surface area (Å²) in [6, 6.07) is 10.7. The van der Waals surface area contributed by atoms with E-state index in [-0.39, 0.29) is 0 Å². The van der Waals surface area contributed by atoms with Gasteiger partial charge in [0.25, 0.3) is 0 Å². The summed E-state index contributed by atoms with van der Waals surface area (Å²) >= 11 is 0. The molecule has 7 heteroatoms. The molecule has 1 aliphatic carbocycles. The van der Waals surface area contributed by atoms with E-state index in [1.165, 1.54) is 10.9 Å².